The van der Waals surface area contributed by atoms with Crippen LogP contribution in [0.15, 0.2) is 11.6 Å². The molecule has 8 unspecified atom stereocenters. The summed E-state index contributed by atoms with van der Waals surface area (Å²) in [6, 6.07) is 0. The highest BCUT2D eigenvalue weighted by molar-refractivity contribution is 5.69. The van der Waals surface area contributed by atoms with Crippen LogP contribution in [0.5, 0.6) is 0 Å². The minimum atomic E-state index is -0.0429. The standard InChI is InChI=1S/C54H99NO5/c1-8-10-21-40-58-52(59-41-22-11-9-2)27-16-12-13-17-36-55(38-19-20-39-56)37-18-14-15-26-51(57)60-46-32-34-53(6)45(42-46)28-29-47-49-31-30-48(44(5)25-23-24-43(3)4)54(49,7)35-33-50(47)53/h28,43-44,46-50,52,56H,8-27,29-42H2,1-7H3. The number of aliphatic hydroxyl groups is 1. The molecule has 3 saturated carbocycles. The lowest BCUT2D eigenvalue weighted by molar-refractivity contribution is -0.151. The molecule has 0 radical (unpaired) electrons. The molecular weight excluding hydrogens is 743 g/mol. The summed E-state index contributed by atoms with van der Waals surface area (Å²) >= 11 is 0. The van der Waals surface area contributed by atoms with Gasteiger partial charge in [-0.05, 0) is 169 Å². The van der Waals surface area contributed by atoms with Crippen molar-refractivity contribution in [2.24, 2.45) is 46.3 Å². The molecule has 0 saturated heterocycles. The van der Waals surface area contributed by atoms with E-state index in [0.29, 0.717) is 17.3 Å². The normalized spacial score (nSPS) is 28.2. The minimum Gasteiger partial charge on any atom is -0.462 e. The molecule has 3 fully saturated rings. The van der Waals surface area contributed by atoms with Crippen LogP contribution in [0, 0.1) is 46.3 Å². The van der Waals surface area contributed by atoms with Gasteiger partial charge < -0.3 is 24.2 Å². The summed E-state index contributed by atoms with van der Waals surface area (Å²) in [7, 11) is 0. The minimum absolute atomic E-state index is 0.0191. The van der Waals surface area contributed by atoms with Gasteiger partial charge in [0, 0.05) is 32.7 Å². The van der Waals surface area contributed by atoms with E-state index in [-0.39, 0.29) is 25.0 Å². The van der Waals surface area contributed by atoms with Crippen molar-refractivity contribution in [1.29, 1.82) is 0 Å². The maximum Gasteiger partial charge on any atom is 0.306 e. The van der Waals surface area contributed by atoms with Gasteiger partial charge in [0.2, 0.25) is 0 Å². The predicted octanol–water partition coefficient (Wildman–Crippen LogP) is 14.3. The van der Waals surface area contributed by atoms with Crippen LogP contribution in [0.1, 0.15) is 228 Å². The van der Waals surface area contributed by atoms with E-state index in [1.165, 1.54) is 103 Å². The van der Waals surface area contributed by atoms with E-state index in [4.69, 9.17) is 14.2 Å². The van der Waals surface area contributed by atoms with Crippen LogP contribution < -0.4 is 0 Å². The van der Waals surface area contributed by atoms with Gasteiger partial charge in [0.1, 0.15) is 6.10 Å². The Morgan fingerprint density at radius 3 is 2.07 bits per heavy atom. The second-order valence-electron chi connectivity index (χ2n) is 21.5. The number of nitrogens with zero attached hydrogens (tertiary/aromatic N) is 1. The van der Waals surface area contributed by atoms with Crippen LogP contribution in [-0.4, -0.2) is 67.8 Å². The third kappa shape index (κ3) is 16.2. The van der Waals surface area contributed by atoms with E-state index in [1.807, 2.05) is 0 Å². The summed E-state index contributed by atoms with van der Waals surface area (Å²) in [6.45, 7) is 22.3. The number of hydrogen-bond acceptors (Lipinski definition) is 6. The molecule has 0 heterocycles. The Bertz CT molecular complexity index is 1180. The van der Waals surface area contributed by atoms with E-state index >= 15 is 0 Å². The average molecular weight is 842 g/mol. The molecule has 0 amide bonds. The molecule has 0 aromatic carbocycles. The van der Waals surface area contributed by atoms with Gasteiger partial charge in [-0.25, -0.2) is 0 Å². The first-order chi connectivity index (χ1) is 29.0. The molecule has 6 nitrogen and oxygen atoms in total. The van der Waals surface area contributed by atoms with Crippen LogP contribution in [-0.2, 0) is 19.0 Å². The molecular formula is C54H99NO5. The molecule has 6 heteroatoms. The number of hydrogen-bond donors (Lipinski definition) is 1. The second-order valence-corrected chi connectivity index (χ2v) is 21.5. The lowest BCUT2D eigenvalue weighted by Crippen LogP contribution is -2.51. The maximum absolute atomic E-state index is 13.1. The molecule has 4 aliphatic carbocycles. The molecule has 60 heavy (non-hydrogen) atoms. The van der Waals surface area contributed by atoms with Gasteiger partial charge in [0.05, 0.1) is 0 Å². The van der Waals surface area contributed by atoms with Gasteiger partial charge in [-0.15, -0.1) is 0 Å². The lowest BCUT2D eigenvalue weighted by atomic mass is 9.47. The largest absolute Gasteiger partial charge is 0.462 e. The fourth-order valence-corrected chi connectivity index (χ4v) is 12.9. The number of aliphatic hydroxyl groups excluding tert-OH is 1. The number of rotatable bonds is 33. The van der Waals surface area contributed by atoms with E-state index in [1.54, 1.807) is 5.57 Å². The van der Waals surface area contributed by atoms with Gasteiger partial charge in [0.15, 0.2) is 6.29 Å². The van der Waals surface area contributed by atoms with Crippen LogP contribution in [0.2, 0.25) is 0 Å². The number of fused-ring (bicyclic) bond motifs is 5. The summed E-state index contributed by atoms with van der Waals surface area (Å²) in [5, 5.41) is 9.40. The van der Waals surface area contributed by atoms with E-state index in [9.17, 15) is 9.90 Å². The first kappa shape index (κ1) is 51.7. The number of carbonyl (C=O) groups is 1. The van der Waals surface area contributed by atoms with Crippen LogP contribution in [0.3, 0.4) is 0 Å². The molecule has 8 atom stereocenters. The second kappa shape index (κ2) is 28.1. The summed E-state index contributed by atoms with van der Waals surface area (Å²) < 4.78 is 18.5. The third-order valence-electron chi connectivity index (χ3n) is 16.6. The molecule has 0 spiro atoms. The van der Waals surface area contributed by atoms with Crippen LogP contribution in [0.4, 0.5) is 0 Å². The zero-order valence-corrected chi connectivity index (χ0v) is 40.8. The number of carbonyl (C=O) groups excluding carboxylic acids is 1. The monoisotopic (exact) mass is 842 g/mol. The van der Waals surface area contributed by atoms with Crippen molar-refractivity contribution in [2.45, 2.75) is 241 Å². The highest BCUT2D eigenvalue weighted by atomic mass is 16.7. The molecule has 0 aliphatic heterocycles. The number of ether oxygens (including phenoxy) is 3. The Labute approximate surface area is 371 Å². The summed E-state index contributed by atoms with van der Waals surface area (Å²) in [5.74, 6) is 5.16. The first-order valence-corrected chi connectivity index (χ1v) is 26.5. The summed E-state index contributed by atoms with van der Waals surface area (Å²) in [5.41, 5.74) is 2.45. The lowest BCUT2D eigenvalue weighted by Gasteiger charge is -2.58. The Morgan fingerprint density at radius 2 is 1.40 bits per heavy atom. The van der Waals surface area contributed by atoms with Crippen molar-refractivity contribution in [3.05, 3.63) is 11.6 Å². The first-order valence-electron chi connectivity index (χ1n) is 26.5. The highest BCUT2D eigenvalue weighted by Crippen LogP contribution is 2.67. The molecule has 4 rings (SSSR count). The topological polar surface area (TPSA) is 68.2 Å². The summed E-state index contributed by atoms with van der Waals surface area (Å²) in [6.07, 6.45) is 35.5. The Hall–Kier alpha value is -0.950. The predicted molar refractivity (Wildman–Crippen MR) is 252 cm³/mol. The number of allylic oxidation sites excluding steroid dienone is 1. The van der Waals surface area contributed by atoms with Crippen LogP contribution in [0.25, 0.3) is 0 Å². The van der Waals surface area contributed by atoms with E-state index in [0.717, 1.165) is 139 Å². The zero-order chi connectivity index (χ0) is 43.2. The zero-order valence-electron chi connectivity index (χ0n) is 40.8. The van der Waals surface area contributed by atoms with Gasteiger partial charge in [-0.1, -0.05) is 124 Å². The molecule has 350 valence electrons. The Kier molecular flexibility index (Phi) is 24.2. The maximum atomic E-state index is 13.1. The fraction of sp³-hybridized carbons (Fsp3) is 0.944. The molecule has 0 aromatic heterocycles. The summed E-state index contributed by atoms with van der Waals surface area (Å²) in [4.78, 5) is 15.7. The average Bonchev–Trinajstić information content (AvgIpc) is 3.59. The van der Waals surface area contributed by atoms with Crippen molar-refractivity contribution in [2.75, 3.05) is 39.5 Å². The Balaban J connectivity index is 1.12. The van der Waals surface area contributed by atoms with Crippen LogP contribution >= 0.6 is 0 Å². The van der Waals surface area contributed by atoms with Crippen molar-refractivity contribution in [3.8, 4) is 0 Å². The Morgan fingerprint density at radius 1 is 0.733 bits per heavy atom. The quantitative estimate of drug-likeness (QED) is 0.0307. The fourth-order valence-electron chi connectivity index (χ4n) is 12.9. The number of esters is 1. The van der Waals surface area contributed by atoms with Crippen molar-refractivity contribution in [3.63, 3.8) is 0 Å². The third-order valence-corrected chi connectivity index (χ3v) is 16.6. The SMILES string of the molecule is CCCCCOC(CCCCCCN(CCCCO)CCCCCC(=O)OC1CCC2(C)C(=CCC3C2CCC2(C)C(C(C)CCCC(C)C)CCC32)C1)OCCCCC. The highest BCUT2D eigenvalue weighted by Gasteiger charge is 2.59. The molecule has 0 bridgehead atoms. The van der Waals surface area contributed by atoms with Gasteiger partial charge >= 0.3 is 5.97 Å². The molecule has 4 aliphatic rings. The van der Waals surface area contributed by atoms with Crippen molar-refractivity contribution >= 4 is 5.97 Å². The smallest absolute Gasteiger partial charge is 0.306 e. The number of unbranched alkanes of at least 4 members (excludes halogenated alkanes) is 10. The van der Waals surface area contributed by atoms with Crippen molar-refractivity contribution in [1.82, 2.24) is 4.90 Å². The van der Waals surface area contributed by atoms with Gasteiger partial charge in [-0.2, -0.15) is 0 Å². The van der Waals surface area contributed by atoms with Crippen molar-refractivity contribution < 1.29 is 24.1 Å². The molecule has 0 aromatic rings. The van der Waals surface area contributed by atoms with E-state index < -0.39 is 0 Å². The van der Waals surface area contributed by atoms with Gasteiger partial charge in [-0.3, -0.25) is 4.79 Å². The molecule has 1 N–H and O–H groups in total. The van der Waals surface area contributed by atoms with E-state index in [2.05, 4.69) is 59.4 Å². The van der Waals surface area contributed by atoms with Gasteiger partial charge in [0.25, 0.3) is 0 Å².